The quantitative estimate of drug-likeness (QED) is 0.0150. The van der Waals surface area contributed by atoms with Crippen LogP contribution in [0.3, 0.4) is 0 Å². The number of nitrogens with one attached hydrogen (secondary N) is 3. The molecule has 0 saturated carbocycles. The maximum absolute atomic E-state index is 13.3. The van der Waals surface area contributed by atoms with Gasteiger partial charge in [0.2, 0.25) is 29.5 Å². The average molecular weight is 1060 g/mol. The first-order valence-electron chi connectivity index (χ1n) is 31.8. The Morgan fingerprint density at radius 2 is 0.707 bits per heavy atom. The summed E-state index contributed by atoms with van der Waals surface area (Å²) in [6.07, 6.45) is 59.0. The Bertz CT molecular complexity index is 1340. The first-order chi connectivity index (χ1) is 36.6. The number of aliphatic imine (C=N–C) groups is 1. The summed E-state index contributed by atoms with van der Waals surface area (Å²) in [5.74, 6) is -1.98. The molecule has 0 unspecified atom stereocenters. The number of rotatable bonds is 58. The molecule has 13 nitrogen and oxygen atoms in total. The minimum Gasteiger partial charge on any atom is -0.370 e. The van der Waals surface area contributed by atoms with E-state index < -0.39 is 23.8 Å². The van der Waals surface area contributed by atoms with Crippen molar-refractivity contribution in [3.8, 4) is 0 Å². The van der Waals surface area contributed by atoms with Gasteiger partial charge in [-0.05, 0) is 25.7 Å². The molecule has 13 heteroatoms. The number of hydrogen-bond acceptors (Lipinski definition) is 6. The molecule has 75 heavy (non-hydrogen) atoms. The summed E-state index contributed by atoms with van der Waals surface area (Å²) >= 11 is 0. The average Bonchev–Trinajstić information content (AvgIpc) is 3.39. The van der Waals surface area contributed by atoms with E-state index in [1.165, 1.54) is 236 Å². The van der Waals surface area contributed by atoms with Gasteiger partial charge in [0.15, 0.2) is 5.96 Å². The Kier molecular flexibility index (Phi) is 53.8. The summed E-state index contributed by atoms with van der Waals surface area (Å²) in [6.45, 7) is 5.75. The Labute approximate surface area is 460 Å². The molecule has 0 aromatic rings. The molecule has 9 N–H and O–H groups in total. The van der Waals surface area contributed by atoms with Crippen molar-refractivity contribution >= 4 is 35.5 Å². The highest BCUT2D eigenvalue weighted by Gasteiger charge is 2.18. The molecule has 0 bridgehead atoms. The zero-order valence-corrected chi connectivity index (χ0v) is 49.0. The molecular formula is C62H120N8O5. The van der Waals surface area contributed by atoms with E-state index in [9.17, 15) is 24.0 Å². The summed E-state index contributed by atoms with van der Waals surface area (Å²) in [4.78, 5) is 68.9. The third-order valence-corrected chi connectivity index (χ3v) is 14.7. The molecule has 0 heterocycles. The van der Waals surface area contributed by atoms with E-state index in [1.54, 1.807) is 0 Å². The van der Waals surface area contributed by atoms with Crippen LogP contribution in [0.1, 0.15) is 309 Å². The van der Waals surface area contributed by atoms with Gasteiger partial charge in [-0.3, -0.25) is 29.0 Å². The van der Waals surface area contributed by atoms with Gasteiger partial charge < -0.3 is 38.1 Å². The van der Waals surface area contributed by atoms with Crippen LogP contribution in [0.2, 0.25) is 0 Å². The highest BCUT2D eigenvalue weighted by molar-refractivity contribution is 5.98. The number of hydrogen-bond donors (Lipinski definition) is 6. The van der Waals surface area contributed by atoms with E-state index in [2.05, 4.69) is 34.8 Å². The largest absolute Gasteiger partial charge is 0.370 e. The monoisotopic (exact) mass is 1060 g/mol. The lowest BCUT2D eigenvalue weighted by molar-refractivity contribution is -0.128. The molecule has 0 aliphatic heterocycles. The van der Waals surface area contributed by atoms with Gasteiger partial charge in [-0.1, -0.05) is 271 Å². The van der Waals surface area contributed by atoms with Gasteiger partial charge in [0.1, 0.15) is 6.04 Å². The zero-order valence-electron chi connectivity index (χ0n) is 49.0. The Morgan fingerprint density at radius 3 is 0.987 bits per heavy atom. The van der Waals surface area contributed by atoms with Crippen molar-refractivity contribution in [1.82, 2.24) is 20.9 Å². The van der Waals surface area contributed by atoms with E-state index >= 15 is 0 Å². The summed E-state index contributed by atoms with van der Waals surface area (Å²) in [5, 5.41) is 8.43. The van der Waals surface area contributed by atoms with Crippen molar-refractivity contribution in [2.45, 2.75) is 315 Å². The van der Waals surface area contributed by atoms with Gasteiger partial charge >= 0.3 is 0 Å². The number of nitrogens with zero attached hydrogens (tertiary/aromatic N) is 2. The molecule has 0 spiro atoms. The smallest absolute Gasteiger partial charge is 0.246 e. The summed E-state index contributed by atoms with van der Waals surface area (Å²) < 4.78 is 0. The first kappa shape index (κ1) is 71.4. The van der Waals surface area contributed by atoms with Crippen LogP contribution >= 0.6 is 0 Å². The minimum atomic E-state index is -0.958. The third kappa shape index (κ3) is 53.5. The van der Waals surface area contributed by atoms with E-state index in [-0.39, 0.29) is 56.9 Å². The SMILES string of the molecule is CCCCCCCCCCCCCCCCCCCCCCCC(=O)NCCN(CCNC(=O)CCCCCCCCCCCCCCCCCCCCCCC)C(=O)/C=C\C(=O)N[C@@H](CCCN=C(N)N)C(N)=O. The Hall–Kier alpha value is -3.64. The molecular weight excluding hydrogens is 937 g/mol. The van der Waals surface area contributed by atoms with E-state index in [4.69, 9.17) is 17.2 Å². The van der Waals surface area contributed by atoms with Crippen molar-refractivity contribution in [1.29, 1.82) is 0 Å². The van der Waals surface area contributed by atoms with E-state index in [0.29, 0.717) is 19.3 Å². The van der Waals surface area contributed by atoms with Crippen molar-refractivity contribution < 1.29 is 24.0 Å². The van der Waals surface area contributed by atoms with Crippen LogP contribution in [0.25, 0.3) is 0 Å². The van der Waals surface area contributed by atoms with Gasteiger partial charge in [0.05, 0.1) is 0 Å². The zero-order chi connectivity index (χ0) is 54.9. The van der Waals surface area contributed by atoms with Crippen LogP contribution in [0.5, 0.6) is 0 Å². The van der Waals surface area contributed by atoms with E-state index in [1.807, 2.05) is 0 Å². The first-order valence-corrected chi connectivity index (χ1v) is 31.8. The minimum absolute atomic E-state index is 0.0502. The summed E-state index contributed by atoms with van der Waals surface area (Å²) in [6, 6.07) is -0.958. The van der Waals surface area contributed by atoms with Crippen molar-refractivity contribution in [2.75, 3.05) is 32.7 Å². The maximum Gasteiger partial charge on any atom is 0.246 e. The van der Waals surface area contributed by atoms with Crippen LogP contribution in [-0.2, 0) is 24.0 Å². The molecule has 0 rings (SSSR count). The van der Waals surface area contributed by atoms with Gasteiger partial charge in [-0.2, -0.15) is 0 Å². The van der Waals surface area contributed by atoms with Crippen LogP contribution in [-0.4, -0.2) is 79.2 Å². The predicted octanol–water partition coefficient (Wildman–Crippen LogP) is 13.8. The number of amides is 5. The van der Waals surface area contributed by atoms with E-state index in [0.717, 1.165) is 50.7 Å². The second-order valence-electron chi connectivity index (χ2n) is 21.9. The Balaban J connectivity index is 4.43. The van der Waals surface area contributed by atoms with Crippen LogP contribution in [0.4, 0.5) is 0 Å². The Morgan fingerprint density at radius 1 is 0.413 bits per heavy atom. The van der Waals surface area contributed by atoms with Gasteiger partial charge in [0.25, 0.3) is 0 Å². The number of carbonyl (C=O) groups is 5. The molecule has 438 valence electrons. The number of carbonyl (C=O) groups excluding carboxylic acids is 5. The molecule has 0 aromatic heterocycles. The molecule has 0 aromatic carbocycles. The number of nitrogens with two attached hydrogens (primary N) is 3. The second kappa shape index (κ2) is 56.6. The van der Waals surface area contributed by atoms with Crippen molar-refractivity contribution in [3.63, 3.8) is 0 Å². The lowest BCUT2D eigenvalue weighted by Gasteiger charge is -2.22. The van der Waals surface area contributed by atoms with Gasteiger partial charge in [-0.25, -0.2) is 0 Å². The highest BCUT2D eigenvalue weighted by Crippen LogP contribution is 2.17. The van der Waals surface area contributed by atoms with Crippen LogP contribution in [0.15, 0.2) is 17.1 Å². The topological polar surface area (TPSA) is 215 Å². The predicted molar refractivity (Wildman–Crippen MR) is 317 cm³/mol. The van der Waals surface area contributed by atoms with Gasteiger partial charge in [-0.15, -0.1) is 0 Å². The molecule has 0 saturated heterocycles. The molecule has 0 fully saturated rings. The fourth-order valence-electron chi connectivity index (χ4n) is 9.87. The van der Waals surface area contributed by atoms with Crippen LogP contribution < -0.4 is 33.2 Å². The number of primary amides is 1. The summed E-state index contributed by atoms with van der Waals surface area (Å²) in [5.41, 5.74) is 16.2. The maximum atomic E-state index is 13.3. The molecule has 0 aliphatic rings. The molecule has 1 atom stereocenters. The fourth-order valence-corrected chi connectivity index (χ4v) is 9.87. The lowest BCUT2D eigenvalue weighted by atomic mass is 10.0. The second-order valence-corrected chi connectivity index (χ2v) is 21.9. The van der Waals surface area contributed by atoms with Crippen LogP contribution in [0, 0.1) is 0 Å². The molecule has 5 amide bonds. The van der Waals surface area contributed by atoms with Crippen molar-refractivity contribution in [3.05, 3.63) is 12.2 Å². The third-order valence-electron chi connectivity index (χ3n) is 14.7. The highest BCUT2D eigenvalue weighted by atomic mass is 16.2. The number of unbranched alkanes of at least 4 members (excludes halogenated alkanes) is 40. The standard InChI is InChI=1S/C62H120N8O5/c1-3-5-7-9-11-13-15-17-19-21-23-25-27-29-31-33-35-37-39-41-43-47-57(71)66-52-54-70(60(74)50-49-59(73)69-56(61(63)75)46-45-51-68-62(64)65)55-53-67-58(72)48-44-42-40-38-36-34-32-30-28-26-24-22-20-18-16-14-12-10-8-6-4-2/h49-50,56H,3-48,51-55H2,1-2H3,(H2,63,75)(H,66,71)(H,67,72)(H,69,73)(H4,64,65,68)/b50-49-/t56-/m0/s1. The molecule has 0 radical (unpaired) electrons. The van der Waals surface area contributed by atoms with Crippen molar-refractivity contribution in [2.24, 2.45) is 22.2 Å². The fraction of sp³-hybridized carbons (Fsp3) is 0.871. The molecule has 0 aliphatic carbocycles. The van der Waals surface area contributed by atoms with Gasteiger partial charge in [0, 0.05) is 57.7 Å². The summed E-state index contributed by atoms with van der Waals surface area (Å²) in [7, 11) is 0. The normalized spacial score (nSPS) is 11.7. The lowest BCUT2D eigenvalue weighted by Crippen LogP contribution is -2.44. The number of guanidine groups is 1.